The van der Waals surface area contributed by atoms with E-state index in [2.05, 4.69) is 22.4 Å². The number of aryl methyl sites for hydroxylation is 1. The molecule has 1 heterocycles. The van der Waals surface area contributed by atoms with E-state index in [1.165, 1.54) is 17.5 Å². The fourth-order valence-corrected chi connectivity index (χ4v) is 2.09. The van der Waals surface area contributed by atoms with Crippen LogP contribution in [-0.4, -0.2) is 40.9 Å². The van der Waals surface area contributed by atoms with Gasteiger partial charge in [-0.3, -0.25) is 4.79 Å². The molecular formula is C12H19ClN4O. The molecule has 0 bridgehead atoms. The van der Waals surface area contributed by atoms with Gasteiger partial charge in [0, 0.05) is 25.7 Å². The fourth-order valence-electron chi connectivity index (χ4n) is 1.88. The first-order valence-electron chi connectivity index (χ1n) is 6.33. The number of aromatic nitrogens is 2. The van der Waals surface area contributed by atoms with Crippen LogP contribution in [0.25, 0.3) is 0 Å². The number of nitrogens with one attached hydrogen (secondary N) is 1. The molecule has 1 aromatic rings. The van der Waals surface area contributed by atoms with Gasteiger partial charge in [-0.15, -0.1) is 0 Å². The third-order valence-corrected chi connectivity index (χ3v) is 3.60. The lowest BCUT2D eigenvalue weighted by molar-refractivity contribution is 0.337. The maximum Gasteiger partial charge on any atom is 0.287 e. The maximum absolute atomic E-state index is 11.8. The maximum atomic E-state index is 11.8. The monoisotopic (exact) mass is 270 g/mol. The summed E-state index contributed by atoms with van der Waals surface area (Å²) in [6, 6.07) is 0.744. The van der Waals surface area contributed by atoms with Crippen LogP contribution in [0.3, 0.4) is 0 Å². The predicted octanol–water partition coefficient (Wildman–Crippen LogP) is 1.42. The average molecular weight is 271 g/mol. The molecule has 6 heteroatoms. The summed E-state index contributed by atoms with van der Waals surface area (Å²) < 4.78 is 1.35. The van der Waals surface area contributed by atoms with Crippen LogP contribution in [0.5, 0.6) is 0 Å². The van der Waals surface area contributed by atoms with Crippen LogP contribution >= 0.6 is 11.6 Å². The Bertz CT molecular complexity index is 470. The highest BCUT2D eigenvalue weighted by molar-refractivity contribution is 6.32. The van der Waals surface area contributed by atoms with Gasteiger partial charge >= 0.3 is 0 Å². The zero-order valence-electron chi connectivity index (χ0n) is 10.8. The molecule has 18 heavy (non-hydrogen) atoms. The molecule has 0 unspecified atom stereocenters. The van der Waals surface area contributed by atoms with Crippen LogP contribution in [0.2, 0.25) is 5.02 Å². The van der Waals surface area contributed by atoms with Crippen LogP contribution in [0.4, 0.5) is 5.69 Å². The minimum Gasteiger partial charge on any atom is -0.381 e. The first-order chi connectivity index (χ1) is 8.63. The summed E-state index contributed by atoms with van der Waals surface area (Å²) in [5.74, 6) is 0. The van der Waals surface area contributed by atoms with Gasteiger partial charge in [-0.1, -0.05) is 11.6 Å². The molecule has 1 aliphatic carbocycles. The summed E-state index contributed by atoms with van der Waals surface area (Å²) in [6.45, 7) is 4.10. The van der Waals surface area contributed by atoms with Crippen LogP contribution in [0, 0.1) is 0 Å². The summed E-state index contributed by atoms with van der Waals surface area (Å²) in [7, 11) is 2.12. The second kappa shape index (κ2) is 5.71. The lowest BCUT2D eigenvalue weighted by Gasteiger charge is -2.16. The third kappa shape index (κ3) is 3.03. The van der Waals surface area contributed by atoms with Crippen LogP contribution in [0.15, 0.2) is 11.0 Å². The van der Waals surface area contributed by atoms with Crippen molar-refractivity contribution in [2.24, 2.45) is 0 Å². The Morgan fingerprint density at radius 1 is 1.61 bits per heavy atom. The summed E-state index contributed by atoms with van der Waals surface area (Å²) >= 11 is 6.02. The Morgan fingerprint density at radius 3 is 2.94 bits per heavy atom. The summed E-state index contributed by atoms with van der Waals surface area (Å²) in [5.41, 5.74) is 0.385. The Morgan fingerprint density at radius 2 is 2.33 bits per heavy atom. The third-order valence-electron chi connectivity index (χ3n) is 3.23. The number of halogens is 1. The van der Waals surface area contributed by atoms with Crippen molar-refractivity contribution in [1.82, 2.24) is 14.7 Å². The van der Waals surface area contributed by atoms with Gasteiger partial charge in [-0.25, -0.2) is 4.68 Å². The van der Waals surface area contributed by atoms with Gasteiger partial charge in [0.2, 0.25) is 0 Å². The lowest BCUT2D eigenvalue weighted by Crippen LogP contribution is -2.28. The number of anilines is 1. The molecule has 100 valence electrons. The topological polar surface area (TPSA) is 50.2 Å². The Balaban J connectivity index is 1.92. The molecule has 5 nitrogen and oxygen atoms in total. The van der Waals surface area contributed by atoms with E-state index < -0.39 is 0 Å². The number of likely N-dealkylation sites (N-methyl/N-ethyl adjacent to an activating group) is 1. The van der Waals surface area contributed by atoms with Crippen molar-refractivity contribution in [3.05, 3.63) is 21.6 Å². The fraction of sp³-hybridized carbons (Fsp3) is 0.667. The number of hydrogen-bond donors (Lipinski definition) is 1. The van der Waals surface area contributed by atoms with E-state index in [0.717, 1.165) is 19.1 Å². The molecule has 0 saturated heterocycles. The first-order valence-corrected chi connectivity index (χ1v) is 6.71. The zero-order chi connectivity index (χ0) is 13.1. The van der Waals surface area contributed by atoms with Gasteiger partial charge in [0.05, 0.1) is 11.9 Å². The molecule has 1 aromatic heterocycles. The van der Waals surface area contributed by atoms with E-state index in [4.69, 9.17) is 11.6 Å². The second-order valence-corrected chi connectivity index (χ2v) is 5.01. The van der Waals surface area contributed by atoms with Crippen molar-refractivity contribution in [3.63, 3.8) is 0 Å². The van der Waals surface area contributed by atoms with Crippen LogP contribution in [-0.2, 0) is 6.54 Å². The Kier molecular flexibility index (Phi) is 4.24. The van der Waals surface area contributed by atoms with Gasteiger partial charge < -0.3 is 10.2 Å². The van der Waals surface area contributed by atoms with E-state index in [1.807, 2.05) is 6.92 Å². The second-order valence-electron chi connectivity index (χ2n) is 4.63. The van der Waals surface area contributed by atoms with Crippen molar-refractivity contribution in [3.8, 4) is 0 Å². The molecular weight excluding hydrogens is 252 g/mol. The van der Waals surface area contributed by atoms with E-state index in [9.17, 15) is 4.79 Å². The molecule has 0 radical (unpaired) electrons. The molecule has 0 spiro atoms. The molecule has 1 N–H and O–H groups in total. The van der Waals surface area contributed by atoms with Crippen molar-refractivity contribution in [2.75, 3.05) is 25.5 Å². The van der Waals surface area contributed by atoms with Gasteiger partial charge in [0.15, 0.2) is 0 Å². The first kappa shape index (κ1) is 13.4. The van der Waals surface area contributed by atoms with Crippen LogP contribution in [0.1, 0.15) is 19.8 Å². The van der Waals surface area contributed by atoms with E-state index in [1.54, 1.807) is 6.20 Å². The molecule has 2 rings (SSSR count). The van der Waals surface area contributed by atoms with E-state index >= 15 is 0 Å². The van der Waals surface area contributed by atoms with E-state index in [-0.39, 0.29) is 10.6 Å². The quantitative estimate of drug-likeness (QED) is 0.850. The minimum atomic E-state index is -0.236. The minimum absolute atomic E-state index is 0.223. The predicted molar refractivity (Wildman–Crippen MR) is 73.3 cm³/mol. The summed E-state index contributed by atoms with van der Waals surface area (Å²) in [4.78, 5) is 14.1. The Hall–Kier alpha value is -1.07. The van der Waals surface area contributed by atoms with Crippen LogP contribution < -0.4 is 10.9 Å². The van der Waals surface area contributed by atoms with Gasteiger partial charge in [-0.2, -0.15) is 5.10 Å². The highest BCUT2D eigenvalue weighted by Gasteiger charge is 2.25. The SMILES string of the molecule is CCn1ncc(NCCN(C)C2CC2)c(Cl)c1=O. The van der Waals surface area contributed by atoms with Crippen molar-refractivity contribution >= 4 is 17.3 Å². The lowest BCUT2D eigenvalue weighted by atomic mass is 10.4. The van der Waals surface area contributed by atoms with Crippen molar-refractivity contribution in [2.45, 2.75) is 32.4 Å². The molecule has 0 atom stereocenters. The largest absolute Gasteiger partial charge is 0.381 e. The highest BCUT2D eigenvalue weighted by Crippen LogP contribution is 2.24. The van der Waals surface area contributed by atoms with Gasteiger partial charge in [0.1, 0.15) is 5.02 Å². The summed E-state index contributed by atoms with van der Waals surface area (Å²) in [5, 5.41) is 7.44. The molecule has 0 aromatic carbocycles. The smallest absolute Gasteiger partial charge is 0.287 e. The standard InChI is InChI=1S/C12H19ClN4O/c1-3-17-12(18)11(13)10(8-15-17)14-6-7-16(2)9-4-5-9/h8-9,14H,3-7H2,1-2H3. The van der Waals surface area contributed by atoms with Gasteiger partial charge in [0.25, 0.3) is 5.56 Å². The summed E-state index contributed by atoms with van der Waals surface area (Å²) in [6.07, 6.45) is 4.21. The molecule has 1 saturated carbocycles. The molecule has 0 aliphatic heterocycles. The average Bonchev–Trinajstić information content (AvgIpc) is 3.19. The molecule has 0 amide bonds. The van der Waals surface area contributed by atoms with Crippen molar-refractivity contribution < 1.29 is 0 Å². The molecule has 1 fully saturated rings. The zero-order valence-corrected chi connectivity index (χ0v) is 11.6. The Labute approximate surface area is 112 Å². The van der Waals surface area contributed by atoms with Gasteiger partial charge in [-0.05, 0) is 26.8 Å². The molecule has 1 aliphatic rings. The van der Waals surface area contributed by atoms with E-state index in [0.29, 0.717) is 12.2 Å². The van der Waals surface area contributed by atoms with Crippen molar-refractivity contribution in [1.29, 1.82) is 0 Å². The number of rotatable bonds is 6. The highest BCUT2D eigenvalue weighted by atomic mass is 35.5. The number of nitrogens with zero attached hydrogens (tertiary/aromatic N) is 3. The number of hydrogen-bond acceptors (Lipinski definition) is 4. The normalized spacial score (nSPS) is 15.1.